The van der Waals surface area contributed by atoms with Crippen molar-refractivity contribution in [2.24, 2.45) is 4.99 Å². The molecule has 0 amide bonds. The Morgan fingerprint density at radius 3 is 2.07 bits per heavy atom. The normalized spacial score (nSPS) is 18.3. The third-order valence-electron chi connectivity index (χ3n) is 4.93. The molecule has 0 saturated heterocycles. The number of rotatable bonds is 5. The summed E-state index contributed by atoms with van der Waals surface area (Å²) >= 11 is 0. The smallest absolute Gasteiger partial charge is 0.223 e. The van der Waals surface area contributed by atoms with Gasteiger partial charge in [-0.2, -0.15) is 0 Å². The van der Waals surface area contributed by atoms with Crippen molar-refractivity contribution in [2.45, 2.75) is 26.0 Å². The molecule has 1 aliphatic rings. The summed E-state index contributed by atoms with van der Waals surface area (Å²) in [6.07, 6.45) is -0.319. The van der Waals surface area contributed by atoms with Gasteiger partial charge in [-0.05, 0) is 54.8 Å². The average molecular weight is 393 g/mol. The predicted octanol–water partition coefficient (Wildman–Crippen LogP) is 5.94. The molecule has 29 heavy (non-hydrogen) atoms. The Hall–Kier alpha value is -3.21. The van der Waals surface area contributed by atoms with Gasteiger partial charge < -0.3 is 9.47 Å². The topological polar surface area (TPSA) is 30.8 Å². The number of hydrogen-bond acceptors (Lipinski definition) is 3. The average Bonchev–Trinajstić information content (AvgIpc) is 3.10. The fraction of sp³-hybridized carbons (Fsp3) is 0.208. The zero-order valence-corrected chi connectivity index (χ0v) is 16.2. The molecule has 0 N–H and O–H groups in total. The van der Waals surface area contributed by atoms with Gasteiger partial charge in [0.05, 0.1) is 6.61 Å². The number of halogens is 2. The number of ether oxygens (including phenoxy) is 2. The molecule has 0 spiro atoms. The van der Waals surface area contributed by atoms with Gasteiger partial charge in [0, 0.05) is 0 Å². The van der Waals surface area contributed by atoms with Crippen LogP contribution < -0.4 is 4.74 Å². The highest BCUT2D eigenvalue weighted by atomic mass is 19.1. The maximum atomic E-state index is 14.1. The summed E-state index contributed by atoms with van der Waals surface area (Å²) in [5.74, 6) is -0.509. The Labute approximate surface area is 168 Å². The largest absolute Gasteiger partial charge is 0.494 e. The SMILES string of the molecule is CCOc1ccc(-c2ccc([C@@H]3N=C(c4c(F)cccc4F)O[C@@H]3C)cc2)cc1. The maximum Gasteiger partial charge on any atom is 0.223 e. The van der Waals surface area contributed by atoms with Crippen molar-refractivity contribution in [3.63, 3.8) is 0 Å². The lowest BCUT2D eigenvalue weighted by atomic mass is 9.99. The summed E-state index contributed by atoms with van der Waals surface area (Å²) in [5, 5.41) is 0. The van der Waals surface area contributed by atoms with Gasteiger partial charge in [0.1, 0.15) is 35.1 Å². The summed E-state index contributed by atoms with van der Waals surface area (Å²) in [6, 6.07) is 19.3. The fourth-order valence-electron chi connectivity index (χ4n) is 3.46. The molecule has 1 aliphatic heterocycles. The van der Waals surface area contributed by atoms with Gasteiger partial charge in [-0.25, -0.2) is 13.8 Å². The molecular weight excluding hydrogens is 372 g/mol. The van der Waals surface area contributed by atoms with Gasteiger partial charge in [0.25, 0.3) is 0 Å². The molecule has 0 fully saturated rings. The van der Waals surface area contributed by atoms with E-state index in [2.05, 4.69) is 4.99 Å². The lowest BCUT2D eigenvalue weighted by Gasteiger charge is -2.14. The summed E-state index contributed by atoms with van der Waals surface area (Å²) in [7, 11) is 0. The van der Waals surface area contributed by atoms with Crippen molar-refractivity contribution in [2.75, 3.05) is 6.61 Å². The molecule has 3 aromatic rings. The molecule has 4 rings (SSSR count). The molecule has 1 heterocycles. The van der Waals surface area contributed by atoms with Crippen LogP contribution in [0.3, 0.4) is 0 Å². The van der Waals surface area contributed by atoms with Crippen molar-refractivity contribution in [3.8, 4) is 16.9 Å². The maximum absolute atomic E-state index is 14.1. The number of hydrogen-bond donors (Lipinski definition) is 0. The molecule has 0 saturated carbocycles. The summed E-state index contributed by atoms with van der Waals surface area (Å²) < 4.78 is 39.3. The first-order valence-corrected chi connectivity index (χ1v) is 9.59. The Morgan fingerprint density at radius 2 is 1.48 bits per heavy atom. The summed E-state index contributed by atoms with van der Waals surface area (Å²) in [6.45, 7) is 4.43. The zero-order valence-electron chi connectivity index (χ0n) is 16.2. The molecule has 3 aromatic carbocycles. The van der Waals surface area contributed by atoms with Crippen LogP contribution in [0.15, 0.2) is 71.7 Å². The fourth-order valence-corrected chi connectivity index (χ4v) is 3.46. The van der Waals surface area contributed by atoms with Gasteiger partial charge in [-0.15, -0.1) is 0 Å². The number of benzene rings is 3. The number of nitrogens with zero attached hydrogens (tertiary/aromatic N) is 1. The standard InChI is InChI=1S/C24H21F2NO2/c1-3-28-19-13-11-17(12-14-19)16-7-9-18(10-8-16)23-15(2)29-24(27-23)22-20(25)5-4-6-21(22)26/h4-15,23H,3H2,1-2H3/t15-,23-/m1/s1. The van der Waals surface area contributed by atoms with Gasteiger partial charge in [-0.3, -0.25) is 0 Å². The zero-order chi connectivity index (χ0) is 20.4. The first-order chi connectivity index (χ1) is 14.1. The molecule has 5 heteroatoms. The molecule has 2 atom stereocenters. The second-order valence-electron chi connectivity index (χ2n) is 6.88. The lowest BCUT2D eigenvalue weighted by molar-refractivity contribution is 0.213. The minimum Gasteiger partial charge on any atom is -0.494 e. The van der Waals surface area contributed by atoms with Gasteiger partial charge in [-0.1, -0.05) is 42.5 Å². The molecule has 0 aliphatic carbocycles. The molecule has 0 bridgehead atoms. The second kappa shape index (κ2) is 8.03. The van der Waals surface area contributed by atoms with Crippen LogP contribution in [-0.2, 0) is 4.74 Å². The van der Waals surface area contributed by atoms with E-state index in [-0.39, 0.29) is 23.6 Å². The van der Waals surface area contributed by atoms with Crippen LogP contribution in [0.5, 0.6) is 5.75 Å². The third-order valence-corrected chi connectivity index (χ3v) is 4.93. The Kier molecular flexibility index (Phi) is 5.30. The summed E-state index contributed by atoms with van der Waals surface area (Å²) in [4.78, 5) is 4.46. The third kappa shape index (κ3) is 3.86. The Balaban J connectivity index is 1.58. The molecule has 0 unspecified atom stereocenters. The quantitative estimate of drug-likeness (QED) is 0.537. The molecule has 0 aromatic heterocycles. The Morgan fingerprint density at radius 1 is 0.897 bits per heavy atom. The lowest BCUT2D eigenvalue weighted by Crippen LogP contribution is -2.14. The van der Waals surface area contributed by atoms with E-state index in [9.17, 15) is 8.78 Å². The van der Waals surface area contributed by atoms with Crippen LogP contribution >= 0.6 is 0 Å². The van der Waals surface area contributed by atoms with E-state index in [4.69, 9.17) is 9.47 Å². The summed E-state index contributed by atoms with van der Waals surface area (Å²) in [5.41, 5.74) is 2.85. The van der Waals surface area contributed by atoms with Crippen LogP contribution in [0.4, 0.5) is 8.78 Å². The minimum absolute atomic E-state index is 0.00805. The van der Waals surface area contributed by atoms with E-state index in [0.29, 0.717) is 6.61 Å². The monoisotopic (exact) mass is 393 g/mol. The van der Waals surface area contributed by atoms with E-state index in [0.717, 1.165) is 22.4 Å². The van der Waals surface area contributed by atoms with Gasteiger partial charge in [0.15, 0.2) is 0 Å². The van der Waals surface area contributed by atoms with Crippen LogP contribution in [0.25, 0.3) is 11.1 Å². The van der Waals surface area contributed by atoms with Crippen molar-refractivity contribution < 1.29 is 18.3 Å². The second-order valence-corrected chi connectivity index (χ2v) is 6.88. The highest BCUT2D eigenvalue weighted by Gasteiger charge is 2.32. The van der Waals surface area contributed by atoms with Crippen LogP contribution in [0, 0.1) is 11.6 Å². The van der Waals surface area contributed by atoms with Crippen LogP contribution in [-0.4, -0.2) is 18.6 Å². The molecule has 3 nitrogen and oxygen atoms in total. The van der Waals surface area contributed by atoms with Crippen molar-refractivity contribution in [1.29, 1.82) is 0 Å². The Bertz CT molecular complexity index is 1010. The van der Waals surface area contributed by atoms with Crippen molar-refractivity contribution >= 4 is 5.90 Å². The van der Waals surface area contributed by atoms with Crippen molar-refractivity contribution in [3.05, 3.63) is 89.5 Å². The highest BCUT2D eigenvalue weighted by molar-refractivity contribution is 5.96. The molecule has 0 radical (unpaired) electrons. The van der Waals surface area contributed by atoms with Crippen molar-refractivity contribution in [1.82, 2.24) is 0 Å². The van der Waals surface area contributed by atoms with Gasteiger partial charge >= 0.3 is 0 Å². The van der Waals surface area contributed by atoms with E-state index < -0.39 is 11.6 Å². The molecular formula is C24H21F2NO2. The van der Waals surface area contributed by atoms with E-state index >= 15 is 0 Å². The molecule has 148 valence electrons. The van der Waals surface area contributed by atoms with E-state index in [1.54, 1.807) is 0 Å². The predicted molar refractivity (Wildman–Crippen MR) is 109 cm³/mol. The van der Waals surface area contributed by atoms with Crippen LogP contribution in [0.1, 0.15) is 31.0 Å². The minimum atomic E-state index is -0.678. The first-order valence-electron chi connectivity index (χ1n) is 9.59. The highest BCUT2D eigenvalue weighted by Crippen LogP contribution is 2.33. The van der Waals surface area contributed by atoms with Crippen LogP contribution in [0.2, 0.25) is 0 Å². The van der Waals surface area contributed by atoms with Gasteiger partial charge in [0.2, 0.25) is 5.90 Å². The number of aliphatic imine (C=N–C) groups is 1. The van der Waals surface area contributed by atoms with E-state index in [1.165, 1.54) is 18.2 Å². The first kappa shape index (κ1) is 19.1. The van der Waals surface area contributed by atoms with E-state index in [1.807, 2.05) is 62.4 Å².